The molecule has 1 aromatic heterocycles. The van der Waals surface area contributed by atoms with Gasteiger partial charge in [0.15, 0.2) is 0 Å². The molecule has 1 aromatic rings. The Morgan fingerprint density at radius 2 is 2.44 bits per heavy atom. The van der Waals surface area contributed by atoms with Crippen LogP contribution in [0.3, 0.4) is 0 Å². The van der Waals surface area contributed by atoms with Gasteiger partial charge in [0.2, 0.25) is 0 Å². The summed E-state index contributed by atoms with van der Waals surface area (Å²) in [7, 11) is 0. The fourth-order valence-electron chi connectivity index (χ4n) is 2.13. The molecule has 5 heteroatoms. The summed E-state index contributed by atoms with van der Waals surface area (Å²) < 4.78 is 0. The summed E-state index contributed by atoms with van der Waals surface area (Å²) in [5, 5.41) is 8.20. The largest absolute Gasteiger partial charge is 0.352 e. The molecule has 4 nitrogen and oxygen atoms in total. The summed E-state index contributed by atoms with van der Waals surface area (Å²) in [4.78, 5) is 12.0. The van der Waals surface area contributed by atoms with Crippen LogP contribution in [0.2, 0.25) is 0 Å². The van der Waals surface area contributed by atoms with E-state index in [1.54, 1.807) is 0 Å². The third kappa shape index (κ3) is 2.74. The maximum absolute atomic E-state index is 10.5. The molecule has 1 aliphatic carbocycles. The van der Waals surface area contributed by atoms with E-state index in [-0.39, 0.29) is 0 Å². The molecule has 1 aliphatic rings. The summed E-state index contributed by atoms with van der Waals surface area (Å²) in [6.45, 7) is 1.36. The Hall–Kier alpha value is -1.07. The van der Waals surface area contributed by atoms with Crippen LogP contribution < -0.4 is 16.4 Å². The number of carbonyl (C=O) groups is 1. The van der Waals surface area contributed by atoms with Crippen molar-refractivity contribution in [1.29, 1.82) is 0 Å². The molecular weight excluding hydrogens is 222 g/mol. The third-order valence-electron chi connectivity index (χ3n) is 2.87. The molecule has 2 rings (SSSR count). The standard InChI is InChI=1S/C11H17N3OS/c12-11(15)14-6-5-13-9-2-1-3-10-8(9)4-7-16-10/h4,7,9,13H,1-3,5-6H2,(H3,12,14,15). The van der Waals surface area contributed by atoms with Gasteiger partial charge >= 0.3 is 6.03 Å². The number of hydrogen-bond acceptors (Lipinski definition) is 3. The van der Waals surface area contributed by atoms with Gasteiger partial charge in [-0.3, -0.25) is 0 Å². The summed E-state index contributed by atoms with van der Waals surface area (Å²) >= 11 is 1.84. The van der Waals surface area contributed by atoms with Crippen LogP contribution in [-0.2, 0) is 6.42 Å². The van der Waals surface area contributed by atoms with E-state index in [1.165, 1.54) is 29.7 Å². The zero-order chi connectivity index (χ0) is 11.4. The van der Waals surface area contributed by atoms with Crippen LogP contribution in [0.25, 0.3) is 0 Å². The zero-order valence-corrected chi connectivity index (χ0v) is 9.98. The lowest BCUT2D eigenvalue weighted by atomic mass is 9.94. The number of urea groups is 1. The molecule has 1 unspecified atom stereocenters. The second-order valence-corrected chi connectivity index (χ2v) is 4.99. The molecule has 0 saturated heterocycles. The average molecular weight is 239 g/mol. The van der Waals surface area contributed by atoms with Crippen LogP contribution in [0.5, 0.6) is 0 Å². The van der Waals surface area contributed by atoms with Crippen LogP contribution >= 0.6 is 11.3 Å². The summed E-state index contributed by atoms with van der Waals surface area (Å²) in [6, 6.07) is 2.20. The van der Waals surface area contributed by atoms with Gasteiger partial charge in [0, 0.05) is 24.0 Å². The first-order chi connectivity index (χ1) is 7.77. The first-order valence-electron chi connectivity index (χ1n) is 5.60. The number of thiophene rings is 1. The highest BCUT2D eigenvalue weighted by atomic mass is 32.1. The lowest BCUT2D eigenvalue weighted by Gasteiger charge is -2.23. The molecule has 0 aliphatic heterocycles. The molecule has 16 heavy (non-hydrogen) atoms. The van der Waals surface area contributed by atoms with Crippen molar-refractivity contribution >= 4 is 17.4 Å². The van der Waals surface area contributed by atoms with E-state index < -0.39 is 6.03 Å². The number of carbonyl (C=O) groups excluding carboxylic acids is 1. The Bertz CT molecular complexity index is 364. The van der Waals surface area contributed by atoms with Gasteiger partial charge in [-0.05, 0) is 36.3 Å². The summed E-state index contributed by atoms with van der Waals surface area (Å²) in [6.07, 6.45) is 3.64. The van der Waals surface area contributed by atoms with Crippen LogP contribution in [0.1, 0.15) is 29.3 Å². The van der Waals surface area contributed by atoms with E-state index in [1.807, 2.05) is 11.3 Å². The van der Waals surface area contributed by atoms with Crippen molar-refractivity contribution in [3.63, 3.8) is 0 Å². The SMILES string of the molecule is NC(=O)NCCNC1CCCc2sccc21. The molecule has 0 bridgehead atoms. The Kier molecular flexibility index (Phi) is 3.79. The van der Waals surface area contributed by atoms with Crippen LogP contribution in [-0.4, -0.2) is 19.1 Å². The average Bonchev–Trinajstić information content (AvgIpc) is 2.72. The maximum atomic E-state index is 10.5. The number of hydrogen-bond donors (Lipinski definition) is 3. The Labute approximate surface area is 99.2 Å². The smallest absolute Gasteiger partial charge is 0.312 e. The highest BCUT2D eigenvalue weighted by Gasteiger charge is 2.20. The lowest BCUT2D eigenvalue weighted by Crippen LogP contribution is -2.36. The highest BCUT2D eigenvalue weighted by Crippen LogP contribution is 2.32. The van der Waals surface area contributed by atoms with Crippen molar-refractivity contribution in [2.24, 2.45) is 5.73 Å². The second kappa shape index (κ2) is 5.32. The second-order valence-electron chi connectivity index (χ2n) is 3.99. The van der Waals surface area contributed by atoms with Crippen molar-refractivity contribution in [3.05, 3.63) is 21.9 Å². The summed E-state index contributed by atoms with van der Waals surface area (Å²) in [5.41, 5.74) is 6.44. The van der Waals surface area contributed by atoms with Gasteiger partial charge in [-0.25, -0.2) is 4.79 Å². The van der Waals surface area contributed by atoms with Crippen molar-refractivity contribution in [2.75, 3.05) is 13.1 Å². The minimum atomic E-state index is -0.457. The van der Waals surface area contributed by atoms with Gasteiger partial charge in [0.1, 0.15) is 0 Å². The highest BCUT2D eigenvalue weighted by molar-refractivity contribution is 7.10. The number of fused-ring (bicyclic) bond motifs is 1. The fraction of sp³-hybridized carbons (Fsp3) is 0.545. The zero-order valence-electron chi connectivity index (χ0n) is 9.16. The Morgan fingerprint density at radius 3 is 3.25 bits per heavy atom. The van der Waals surface area contributed by atoms with E-state index in [0.29, 0.717) is 12.6 Å². The topological polar surface area (TPSA) is 67.2 Å². The maximum Gasteiger partial charge on any atom is 0.312 e. The number of amides is 2. The van der Waals surface area contributed by atoms with E-state index >= 15 is 0 Å². The molecule has 1 atom stereocenters. The molecule has 0 radical (unpaired) electrons. The number of rotatable bonds is 4. The van der Waals surface area contributed by atoms with Crippen LogP contribution in [0.15, 0.2) is 11.4 Å². The summed E-state index contributed by atoms with van der Waals surface area (Å²) in [5.74, 6) is 0. The molecule has 0 aromatic carbocycles. The molecule has 0 fully saturated rings. The van der Waals surface area contributed by atoms with Gasteiger partial charge in [-0.15, -0.1) is 11.3 Å². The Balaban J connectivity index is 1.81. The molecule has 1 heterocycles. The quantitative estimate of drug-likeness (QED) is 0.695. The predicted molar refractivity (Wildman–Crippen MR) is 65.6 cm³/mol. The third-order valence-corrected chi connectivity index (χ3v) is 3.86. The first-order valence-corrected chi connectivity index (χ1v) is 6.48. The minimum Gasteiger partial charge on any atom is -0.352 e. The molecule has 2 amide bonds. The monoisotopic (exact) mass is 239 g/mol. The van der Waals surface area contributed by atoms with Gasteiger partial charge < -0.3 is 16.4 Å². The molecular formula is C11H17N3OS. The fourth-order valence-corrected chi connectivity index (χ4v) is 3.12. The molecule has 4 N–H and O–H groups in total. The van der Waals surface area contributed by atoms with Crippen molar-refractivity contribution < 1.29 is 4.79 Å². The number of nitrogens with two attached hydrogens (primary N) is 1. The number of primary amides is 1. The van der Waals surface area contributed by atoms with E-state index in [9.17, 15) is 4.79 Å². The van der Waals surface area contributed by atoms with Gasteiger partial charge in [-0.2, -0.15) is 0 Å². The van der Waals surface area contributed by atoms with Crippen molar-refractivity contribution in [3.8, 4) is 0 Å². The van der Waals surface area contributed by atoms with Crippen LogP contribution in [0, 0.1) is 0 Å². The predicted octanol–water partition coefficient (Wildman–Crippen LogP) is 1.38. The number of aryl methyl sites for hydroxylation is 1. The van der Waals surface area contributed by atoms with Crippen molar-refractivity contribution in [1.82, 2.24) is 10.6 Å². The lowest BCUT2D eigenvalue weighted by molar-refractivity contribution is 0.248. The van der Waals surface area contributed by atoms with Crippen LogP contribution in [0.4, 0.5) is 4.79 Å². The van der Waals surface area contributed by atoms with Gasteiger partial charge in [0.05, 0.1) is 0 Å². The Morgan fingerprint density at radius 1 is 1.56 bits per heavy atom. The molecule has 88 valence electrons. The van der Waals surface area contributed by atoms with Gasteiger partial charge in [-0.1, -0.05) is 0 Å². The first kappa shape index (κ1) is 11.4. The molecule has 0 saturated carbocycles. The normalized spacial score (nSPS) is 19.1. The van der Waals surface area contributed by atoms with E-state index in [2.05, 4.69) is 22.1 Å². The minimum absolute atomic E-state index is 0.449. The van der Waals surface area contributed by atoms with E-state index in [4.69, 9.17) is 5.73 Å². The van der Waals surface area contributed by atoms with Crippen molar-refractivity contribution in [2.45, 2.75) is 25.3 Å². The number of nitrogens with one attached hydrogen (secondary N) is 2. The van der Waals surface area contributed by atoms with Gasteiger partial charge in [0.25, 0.3) is 0 Å². The molecule has 0 spiro atoms. The van der Waals surface area contributed by atoms with E-state index in [0.717, 1.165) is 6.54 Å².